The molecule has 1 unspecified atom stereocenters. The third-order valence-electron chi connectivity index (χ3n) is 4.15. The van der Waals surface area contributed by atoms with Crippen LogP contribution in [0.5, 0.6) is 0 Å². The first-order valence-corrected chi connectivity index (χ1v) is 10.1. The minimum absolute atomic E-state index is 0. The highest BCUT2D eigenvalue weighted by atomic mass is 127. The Hall–Kier alpha value is -1.61. The third-order valence-corrected chi connectivity index (χ3v) is 5.28. The van der Waals surface area contributed by atoms with E-state index in [-0.39, 0.29) is 24.0 Å². The number of nitrogens with one attached hydrogen (secondary N) is 1. The van der Waals surface area contributed by atoms with E-state index in [4.69, 9.17) is 5.73 Å². The molecule has 5 nitrogen and oxygen atoms in total. The second kappa shape index (κ2) is 9.91. The maximum atomic E-state index is 11.4. The molecule has 0 aliphatic carbocycles. The molecule has 0 spiro atoms. The molecule has 0 amide bonds. The SMILES string of the molecule is CCC(C)c1ccc(NC(N)=NCc2ccc(S(C)(=O)=O)cc2)cc1.I. The summed E-state index contributed by atoms with van der Waals surface area (Å²) in [5.41, 5.74) is 9.00. The molecule has 2 aromatic carbocycles. The average molecular weight is 487 g/mol. The fourth-order valence-electron chi connectivity index (χ4n) is 2.34. The summed E-state index contributed by atoms with van der Waals surface area (Å²) >= 11 is 0. The van der Waals surface area contributed by atoms with Crippen LogP contribution >= 0.6 is 24.0 Å². The van der Waals surface area contributed by atoms with Gasteiger partial charge in [0.1, 0.15) is 0 Å². The molecular weight excluding hydrogens is 461 g/mol. The number of halogens is 1. The predicted octanol–water partition coefficient (Wildman–Crippen LogP) is 4.15. The lowest BCUT2D eigenvalue weighted by atomic mass is 9.99. The van der Waals surface area contributed by atoms with E-state index in [9.17, 15) is 8.42 Å². The minimum Gasteiger partial charge on any atom is -0.370 e. The van der Waals surface area contributed by atoms with Crippen molar-refractivity contribution in [2.24, 2.45) is 10.7 Å². The fraction of sp³-hybridized carbons (Fsp3) is 0.316. The first-order valence-electron chi connectivity index (χ1n) is 8.25. The second-order valence-corrected chi connectivity index (χ2v) is 8.19. The van der Waals surface area contributed by atoms with Crippen molar-refractivity contribution in [1.29, 1.82) is 0 Å². The molecule has 0 saturated heterocycles. The van der Waals surface area contributed by atoms with Crippen LogP contribution in [0.1, 0.15) is 37.3 Å². The van der Waals surface area contributed by atoms with Crippen LogP contribution in [-0.2, 0) is 16.4 Å². The standard InChI is InChI=1S/C19H25N3O2S.HI/c1-4-14(2)16-7-9-17(10-8-16)22-19(20)21-13-15-5-11-18(12-6-15)25(3,23)24;/h5-12,14H,4,13H2,1-3H3,(H3,20,21,22);1H. The number of hydrogen-bond acceptors (Lipinski definition) is 3. The van der Waals surface area contributed by atoms with E-state index in [0.29, 0.717) is 23.3 Å². The topological polar surface area (TPSA) is 84.5 Å². The Labute approximate surface area is 173 Å². The Morgan fingerprint density at radius 1 is 1.12 bits per heavy atom. The Bertz CT molecular complexity index is 832. The molecule has 0 aliphatic heterocycles. The molecule has 7 heteroatoms. The Morgan fingerprint density at radius 2 is 1.69 bits per heavy atom. The van der Waals surface area contributed by atoms with Gasteiger partial charge in [-0.25, -0.2) is 13.4 Å². The van der Waals surface area contributed by atoms with Crippen LogP contribution in [0.15, 0.2) is 58.4 Å². The van der Waals surface area contributed by atoms with Gasteiger partial charge in [-0.05, 0) is 47.7 Å². The summed E-state index contributed by atoms with van der Waals surface area (Å²) in [6.07, 6.45) is 2.29. The van der Waals surface area contributed by atoms with Gasteiger partial charge in [0.25, 0.3) is 0 Å². The third kappa shape index (κ3) is 6.60. The highest BCUT2D eigenvalue weighted by molar-refractivity contribution is 14.0. The van der Waals surface area contributed by atoms with Crippen molar-refractivity contribution in [2.45, 2.75) is 37.6 Å². The van der Waals surface area contributed by atoms with E-state index in [1.165, 1.54) is 11.8 Å². The largest absolute Gasteiger partial charge is 0.370 e. The maximum absolute atomic E-state index is 11.4. The fourth-order valence-corrected chi connectivity index (χ4v) is 2.97. The highest BCUT2D eigenvalue weighted by Gasteiger charge is 2.06. The molecule has 0 bridgehead atoms. The number of sulfone groups is 1. The Morgan fingerprint density at radius 3 is 2.19 bits per heavy atom. The van der Waals surface area contributed by atoms with Gasteiger partial charge < -0.3 is 11.1 Å². The lowest BCUT2D eigenvalue weighted by molar-refractivity contribution is 0.602. The number of guanidine groups is 1. The second-order valence-electron chi connectivity index (χ2n) is 6.17. The first kappa shape index (κ1) is 22.4. The number of nitrogens with two attached hydrogens (primary N) is 1. The van der Waals surface area contributed by atoms with Gasteiger partial charge in [0.15, 0.2) is 15.8 Å². The molecule has 2 rings (SSSR count). The van der Waals surface area contributed by atoms with Crippen LogP contribution in [0.25, 0.3) is 0 Å². The number of benzene rings is 2. The molecule has 0 fully saturated rings. The van der Waals surface area contributed by atoms with Gasteiger partial charge in [-0.2, -0.15) is 0 Å². The molecular formula is C19H26IN3O2S. The molecule has 0 heterocycles. The van der Waals surface area contributed by atoms with Gasteiger partial charge in [-0.3, -0.25) is 0 Å². The number of hydrogen-bond donors (Lipinski definition) is 2. The summed E-state index contributed by atoms with van der Waals surface area (Å²) in [6, 6.07) is 14.8. The lowest BCUT2D eigenvalue weighted by Crippen LogP contribution is -2.22. The quantitative estimate of drug-likeness (QED) is 0.364. The van der Waals surface area contributed by atoms with Crippen molar-refractivity contribution in [3.05, 3.63) is 59.7 Å². The molecule has 3 N–H and O–H groups in total. The lowest BCUT2D eigenvalue weighted by Gasteiger charge is -2.11. The number of rotatable bonds is 6. The van der Waals surface area contributed by atoms with Crippen molar-refractivity contribution in [3.63, 3.8) is 0 Å². The zero-order chi connectivity index (χ0) is 18.4. The normalized spacial score (nSPS) is 13.0. The van der Waals surface area contributed by atoms with Crippen LogP contribution in [0.3, 0.4) is 0 Å². The van der Waals surface area contributed by atoms with Crippen molar-refractivity contribution < 1.29 is 8.42 Å². The van der Waals surface area contributed by atoms with Crippen LogP contribution in [-0.4, -0.2) is 20.6 Å². The van der Waals surface area contributed by atoms with Crippen molar-refractivity contribution >= 4 is 45.5 Å². The van der Waals surface area contributed by atoms with Gasteiger partial charge in [0.05, 0.1) is 11.4 Å². The van der Waals surface area contributed by atoms with Crippen LogP contribution in [0.2, 0.25) is 0 Å². The van der Waals surface area contributed by atoms with Crippen LogP contribution in [0.4, 0.5) is 5.69 Å². The minimum atomic E-state index is -3.18. The molecule has 2 aromatic rings. The predicted molar refractivity (Wildman–Crippen MR) is 119 cm³/mol. The molecule has 1 atom stereocenters. The summed E-state index contributed by atoms with van der Waals surface area (Å²) in [7, 11) is -3.18. The van der Waals surface area contributed by atoms with Gasteiger partial charge in [-0.15, -0.1) is 24.0 Å². The van der Waals surface area contributed by atoms with E-state index in [1.807, 2.05) is 12.1 Å². The summed E-state index contributed by atoms with van der Waals surface area (Å²) in [5.74, 6) is 0.860. The molecule has 0 aliphatic rings. The highest BCUT2D eigenvalue weighted by Crippen LogP contribution is 2.20. The molecule has 142 valence electrons. The van der Waals surface area contributed by atoms with Crippen LogP contribution in [0, 0.1) is 0 Å². The van der Waals surface area contributed by atoms with Crippen molar-refractivity contribution in [2.75, 3.05) is 11.6 Å². The summed E-state index contributed by atoms with van der Waals surface area (Å²) < 4.78 is 22.9. The van der Waals surface area contributed by atoms with Crippen LogP contribution < -0.4 is 11.1 Å². The summed E-state index contributed by atoms with van der Waals surface area (Å²) in [5, 5.41) is 3.06. The maximum Gasteiger partial charge on any atom is 0.193 e. The molecule has 0 radical (unpaired) electrons. The van der Waals surface area contributed by atoms with Gasteiger partial charge in [0.2, 0.25) is 0 Å². The van der Waals surface area contributed by atoms with Gasteiger partial charge >= 0.3 is 0 Å². The Kier molecular flexibility index (Phi) is 8.55. The monoisotopic (exact) mass is 487 g/mol. The van der Waals surface area contributed by atoms with E-state index in [1.54, 1.807) is 24.3 Å². The number of anilines is 1. The van der Waals surface area contributed by atoms with Gasteiger partial charge in [-0.1, -0.05) is 38.1 Å². The van der Waals surface area contributed by atoms with E-state index in [0.717, 1.165) is 17.7 Å². The average Bonchev–Trinajstić information content (AvgIpc) is 2.59. The summed E-state index contributed by atoms with van der Waals surface area (Å²) in [6.45, 7) is 4.76. The zero-order valence-corrected chi connectivity index (χ0v) is 18.4. The molecule has 26 heavy (non-hydrogen) atoms. The number of nitrogens with zero attached hydrogens (tertiary/aromatic N) is 1. The zero-order valence-electron chi connectivity index (χ0n) is 15.3. The molecule has 0 saturated carbocycles. The van der Waals surface area contributed by atoms with E-state index in [2.05, 4.69) is 36.3 Å². The number of aliphatic imine (C=N–C) groups is 1. The Balaban J connectivity index is 0.00000338. The van der Waals surface area contributed by atoms with E-state index < -0.39 is 9.84 Å². The smallest absolute Gasteiger partial charge is 0.193 e. The summed E-state index contributed by atoms with van der Waals surface area (Å²) in [4.78, 5) is 4.59. The van der Waals surface area contributed by atoms with E-state index >= 15 is 0 Å². The van der Waals surface area contributed by atoms with Gasteiger partial charge in [0, 0.05) is 11.9 Å². The molecule has 0 aromatic heterocycles. The first-order chi connectivity index (χ1) is 11.8. The van der Waals surface area contributed by atoms with Crippen molar-refractivity contribution in [1.82, 2.24) is 0 Å². The van der Waals surface area contributed by atoms with Crippen molar-refractivity contribution in [3.8, 4) is 0 Å².